The van der Waals surface area contributed by atoms with E-state index in [1.165, 1.54) is 4.90 Å². The quantitative estimate of drug-likeness (QED) is 0.634. The number of aromatic nitrogens is 3. The zero-order chi connectivity index (χ0) is 20.5. The number of nitrogens with zero attached hydrogens (tertiary/aromatic N) is 5. The molecule has 0 atom stereocenters. The van der Waals surface area contributed by atoms with Crippen molar-refractivity contribution in [2.45, 2.75) is 6.92 Å². The lowest BCUT2D eigenvalue weighted by Crippen LogP contribution is -2.49. The Morgan fingerprint density at radius 1 is 0.931 bits per heavy atom. The van der Waals surface area contributed by atoms with Gasteiger partial charge in [0.25, 0.3) is 5.91 Å². The molecular formula is C20H18F3N5O. The lowest BCUT2D eigenvalue weighted by Gasteiger charge is -2.35. The van der Waals surface area contributed by atoms with Gasteiger partial charge in [0.1, 0.15) is 17.5 Å². The van der Waals surface area contributed by atoms with Crippen molar-refractivity contribution in [3.63, 3.8) is 0 Å². The molecular weight excluding hydrogens is 383 g/mol. The van der Waals surface area contributed by atoms with Gasteiger partial charge >= 0.3 is 0 Å². The summed E-state index contributed by atoms with van der Waals surface area (Å²) in [5.41, 5.74) is -0.467. The second-order valence-corrected chi connectivity index (χ2v) is 6.72. The maximum Gasteiger partial charge on any atom is 0.257 e. The lowest BCUT2D eigenvalue weighted by atomic mass is 10.1. The van der Waals surface area contributed by atoms with E-state index in [-0.39, 0.29) is 0 Å². The van der Waals surface area contributed by atoms with Gasteiger partial charge in [-0.25, -0.2) is 23.1 Å². The number of halogens is 3. The molecule has 150 valence electrons. The van der Waals surface area contributed by atoms with Crippen LogP contribution >= 0.6 is 0 Å². The van der Waals surface area contributed by atoms with Gasteiger partial charge in [-0.3, -0.25) is 4.79 Å². The van der Waals surface area contributed by atoms with Crippen molar-refractivity contribution in [3.8, 4) is 5.82 Å². The maximum absolute atomic E-state index is 13.9. The van der Waals surface area contributed by atoms with E-state index in [0.29, 0.717) is 32.0 Å². The highest BCUT2D eigenvalue weighted by Crippen LogP contribution is 2.21. The summed E-state index contributed by atoms with van der Waals surface area (Å²) in [6.45, 7) is 3.36. The first-order valence-electron chi connectivity index (χ1n) is 9.11. The van der Waals surface area contributed by atoms with Gasteiger partial charge in [-0.05, 0) is 31.2 Å². The molecule has 1 saturated heterocycles. The number of anilines is 1. The van der Waals surface area contributed by atoms with Gasteiger partial charge in [-0.15, -0.1) is 0 Å². The Labute approximate surface area is 165 Å². The van der Waals surface area contributed by atoms with Crippen LogP contribution in [0.2, 0.25) is 0 Å². The summed E-state index contributed by atoms with van der Waals surface area (Å²) >= 11 is 0. The number of amides is 1. The molecule has 0 bridgehead atoms. The highest BCUT2D eigenvalue weighted by atomic mass is 19.2. The standard InChI is InChI=1S/C20H18F3N5O/c1-13-24-16(26-6-2-3-7-26)12-17(25-13)27-8-10-28(11-9-27)20(29)14-4-5-15(21)19(23)18(14)22/h2-7,12H,8-11H2,1H3. The van der Waals surface area contributed by atoms with Crippen LogP contribution in [0.3, 0.4) is 0 Å². The molecule has 4 rings (SSSR count). The van der Waals surface area contributed by atoms with Crippen molar-refractivity contribution in [1.82, 2.24) is 19.4 Å². The predicted molar refractivity (Wildman–Crippen MR) is 101 cm³/mol. The zero-order valence-electron chi connectivity index (χ0n) is 15.6. The zero-order valence-corrected chi connectivity index (χ0v) is 15.6. The number of carbonyl (C=O) groups excluding carboxylic acids is 1. The number of benzene rings is 1. The highest BCUT2D eigenvalue weighted by Gasteiger charge is 2.27. The first kappa shape index (κ1) is 19.0. The van der Waals surface area contributed by atoms with E-state index >= 15 is 0 Å². The van der Waals surface area contributed by atoms with Gasteiger partial charge in [0.15, 0.2) is 17.5 Å². The molecule has 1 aliphatic heterocycles. The second kappa shape index (κ2) is 7.57. The maximum atomic E-state index is 13.9. The Morgan fingerprint density at radius 3 is 2.28 bits per heavy atom. The number of hydrogen-bond donors (Lipinski definition) is 0. The Bertz CT molecular complexity index is 1050. The number of piperazine rings is 1. The summed E-state index contributed by atoms with van der Waals surface area (Å²) in [5, 5.41) is 0. The number of hydrogen-bond acceptors (Lipinski definition) is 4. The molecule has 1 fully saturated rings. The predicted octanol–water partition coefficient (Wildman–Crippen LogP) is 2.96. The molecule has 3 heterocycles. The fourth-order valence-corrected chi connectivity index (χ4v) is 3.32. The molecule has 2 aromatic heterocycles. The van der Waals surface area contributed by atoms with Crippen LogP contribution in [0.4, 0.5) is 19.0 Å². The lowest BCUT2D eigenvalue weighted by molar-refractivity contribution is 0.0740. The molecule has 0 N–H and O–H groups in total. The van der Waals surface area contributed by atoms with Crippen LogP contribution in [0.15, 0.2) is 42.7 Å². The smallest absolute Gasteiger partial charge is 0.257 e. The first-order chi connectivity index (χ1) is 13.9. The van der Waals surface area contributed by atoms with Crippen LogP contribution < -0.4 is 4.90 Å². The largest absolute Gasteiger partial charge is 0.353 e. The molecule has 1 aromatic carbocycles. The first-order valence-corrected chi connectivity index (χ1v) is 9.11. The molecule has 0 saturated carbocycles. The van der Waals surface area contributed by atoms with Gasteiger partial charge in [-0.1, -0.05) is 0 Å². The molecule has 0 radical (unpaired) electrons. The van der Waals surface area contributed by atoms with Gasteiger partial charge in [0.2, 0.25) is 0 Å². The summed E-state index contributed by atoms with van der Waals surface area (Å²) in [4.78, 5) is 24.9. The van der Waals surface area contributed by atoms with Gasteiger partial charge in [0, 0.05) is 44.6 Å². The van der Waals surface area contributed by atoms with Crippen LogP contribution in [0.25, 0.3) is 5.82 Å². The molecule has 1 aliphatic rings. The molecule has 6 nitrogen and oxygen atoms in total. The minimum atomic E-state index is -1.64. The van der Waals surface area contributed by atoms with Crippen LogP contribution in [-0.2, 0) is 0 Å². The third-order valence-electron chi connectivity index (χ3n) is 4.84. The van der Waals surface area contributed by atoms with Crippen molar-refractivity contribution >= 4 is 11.7 Å². The van der Waals surface area contributed by atoms with E-state index in [9.17, 15) is 18.0 Å². The number of carbonyl (C=O) groups is 1. The molecule has 0 unspecified atom stereocenters. The fourth-order valence-electron chi connectivity index (χ4n) is 3.32. The molecule has 29 heavy (non-hydrogen) atoms. The van der Waals surface area contributed by atoms with E-state index in [4.69, 9.17) is 0 Å². The summed E-state index contributed by atoms with van der Waals surface area (Å²) in [6.07, 6.45) is 3.77. The van der Waals surface area contributed by atoms with Crippen molar-refractivity contribution < 1.29 is 18.0 Å². The second-order valence-electron chi connectivity index (χ2n) is 6.72. The van der Waals surface area contributed by atoms with E-state index in [0.717, 1.165) is 23.8 Å². The van der Waals surface area contributed by atoms with Crippen molar-refractivity contribution in [2.24, 2.45) is 0 Å². The Hall–Kier alpha value is -3.36. The summed E-state index contributed by atoms with van der Waals surface area (Å²) < 4.78 is 42.4. The van der Waals surface area contributed by atoms with Crippen LogP contribution in [0, 0.1) is 24.4 Å². The third-order valence-corrected chi connectivity index (χ3v) is 4.84. The Balaban J connectivity index is 1.49. The summed E-state index contributed by atoms with van der Waals surface area (Å²) in [5.74, 6) is -2.99. The number of rotatable bonds is 3. The minimum Gasteiger partial charge on any atom is -0.353 e. The van der Waals surface area contributed by atoms with Gasteiger partial charge < -0.3 is 14.4 Å². The van der Waals surface area contributed by atoms with Crippen LogP contribution in [0.1, 0.15) is 16.2 Å². The molecule has 9 heteroatoms. The fraction of sp³-hybridized carbons (Fsp3) is 0.250. The average Bonchev–Trinajstić information content (AvgIpc) is 3.26. The molecule has 3 aromatic rings. The molecule has 0 spiro atoms. The topological polar surface area (TPSA) is 54.3 Å². The third kappa shape index (κ3) is 3.67. The monoisotopic (exact) mass is 401 g/mol. The molecule has 0 aliphatic carbocycles. The highest BCUT2D eigenvalue weighted by molar-refractivity contribution is 5.94. The van der Waals surface area contributed by atoms with Gasteiger partial charge in [0.05, 0.1) is 5.56 Å². The average molecular weight is 401 g/mol. The minimum absolute atomic E-state index is 0.305. The SMILES string of the molecule is Cc1nc(N2CCN(C(=O)c3ccc(F)c(F)c3F)CC2)cc(-n2cccc2)n1. The van der Waals surface area contributed by atoms with Crippen LogP contribution in [-0.4, -0.2) is 51.5 Å². The van der Waals surface area contributed by atoms with Crippen molar-refractivity contribution in [1.29, 1.82) is 0 Å². The van der Waals surface area contributed by atoms with E-state index in [1.54, 1.807) is 0 Å². The van der Waals surface area contributed by atoms with Gasteiger partial charge in [-0.2, -0.15) is 0 Å². The summed E-state index contributed by atoms with van der Waals surface area (Å²) in [7, 11) is 0. The Morgan fingerprint density at radius 2 is 1.59 bits per heavy atom. The van der Waals surface area contributed by atoms with Crippen molar-refractivity contribution in [3.05, 3.63) is 71.6 Å². The Kier molecular flexibility index (Phi) is 4.96. The molecule has 1 amide bonds. The summed E-state index contributed by atoms with van der Waals surface area (Å²) in [6, 6.07) is 7.39. The number of aryl methyl sites for hydroxylation is 1. The van der Waals surface area contributed by atoms with E-state index in [1.807, 2.05) is 47.0 Å². The normalized spacial score (nSPS) is 14.3. The van der Waals surface area contributed by atoms with E-state index < -0.39 is 28.9 Å². The van der Waals surface area contributed by atoms with E-state index in [2.05, 4.69) is 9.97 Å². The van der Waals surface area contributed by atoms with Crippen molar-refractivity contribution in [2.75, 3.05) is 31.1 Å². The van der Waals surface area contributed by atoms with Crippen LogP contribution in [0.5, 0.6) is 0 Å².